The van der Waals surface area contributed by atoms with Crippen LogP contribution in [0.3, 0.4) is 0 Å². The Bertz CT molecular complexity index is 369. The Morgan fingerprint density at radius 3 is 2.44 bits per heavy atom. The third-order valence-corrected chi connectivity index (χ3v) is 2.48. The molecule has 1 rings (SSSR count). The molecule has 6 heteroatoms. The largest absolute Gasteiger partial charge is 0.463 e. The van der Waals surface area contributed by atoms with Crippen molar-refractivity contribution in [2.45, 2.75) is 40.2 Å². The van der Waals surface area contributed by atoms with Gasteiger partial charge in [-0.3, -0.25) is 0 Å². The van der Waals surface area contributed by atoms with E-state index >= 15 is 0 Å². The van der Waals surface area contributed by atoms with Gasteiger partial charge in [-0.05, 0) is 27.2 Å². The number of rotatable bonds is 7. The predicted octanol–water partition coefficient (Wildman–Crippen LogP) is 1.94. The molecule has 0 aromatic carbocycles. The topological polar surface area (TPSA) is 63.2 Å². The van der Waals surface area contributed by atoms with Crippen LogP contribution in [0.1, 0.15) is 34.1 Å². The second-order valence-electron chi connectivity index (χ2n) is 4.22. The highest BCUT2D eigenvalue weighted by molar-refractivity contribution is 5.38. The van der Waals surface area contributed by atoms with Crippen molar-refractivity contribution in [2.75, 3.05) is 30.4 Å². The van der Waals surface area contributed by atoms with Crippen molar-refractivity contribution < 1.29 is 4.74 Å². The van der Waals surface area contributed by atoms with Crippen molar-refractivity contribution in [1.29, 1.82) is 0 Å². The number of ether oxygens (including phenoxy) is 1. The molecule has 6 nitrogen and oxygen atoms in total. The molecule has 0 amide bonds. The molecule has 0 atom stereocenters. The number of anilines is 2. The van der Waals surface area contributed by atoms with Crippen molar-refractivity contribution in [3.63, 3.8) is 0 Å². The molecule has 0 unspecified atom stereocenters. The fourth-order valence-electron chi connectivity index (χ4n) is 1.58. The summed E-state index contributed by atoms with van der Waals surface area (Å²) in [5, 5.41) is 2.93. The normalized spacial score (nSPS) is 10.6. The van der Waals surface area contributed by atoms with E-state index in [0.29, 0.717) is 30.6 Å². The van der Waals surface area contributed by atoms with E-state index in [4.69, 9.17) is 4.74 Å². The van der Waals surface area contributed by atoms with Gasteiger partial charge >= 0.3 is 6.01 Å². The molecule has 0 radical (unpaired) electrons. The summed E-state index contributed by atoms with van der Waals surface area (Å²) in [5.41, 5.74) is 0. The average molecular weight is 253 g/mol. The summed E-state index contributed by atoms with van der Waals surface area (Å²) in [4.78, 5) is 15.0. The molecule has 0 aliphatic carbocycles. The van der Waals surface area contributed by atoms with Crippen molar-refractivity contribution in [2.24, 2.45) is 0 Å². The number of hydrogen-bond acceptors (Lipinski definition) is 6. The lowest BCUT2D eigenvalue weighted by Gasteiger charge is -2.25. The fourth-order valence-corrected chi connectivity index (χ4v) is 1.58. The van der Waals surface area contributed by atoms with Gasteiger partial charge in [0.15, 0.2) is 0 Å². The maximum absolute atomic E-state index is 5.48. The summed E-state index contributed by atoms with van der Waals surface area (Å²) in [6, 6.07) is 0.714. The van der Waals surface area contributed by atoms with Crippen molar-refractivity contribution >= 4 is 11.9 Å². The van der Waals surface area contributed by atoms with E-state index in [0.717, 1.165) is 13.0 Å². The Balaban J connectivity index is 3.02. The third-order valence-electron chi connectivity index (χ3n) is 2.48. The van der Waals surface area contributed by atoms with E-state index in [1.807, 2.05) is 6.92 Å². The first-order valence-electron chi connectivity index (χ1n) is 6.45. The van der Waals surface area contributed by atoms with Crippen LogP contribution in [-0.2, 0) is 0 Å². The van der Waals surface area contributed by atoms with E-state index in [-0.39, 0.29) is 0 Å². The summed E-state index contributed by atoms with van der Waals surface area (Å²) < 4.78 is 5.48. The van der Waals surface area contributed by atoms with Crippen molar-refractivity contribution in [3.8, 4) is 6.01 Å². The minimum Gasteiger partial charge on any atom is -0.463 e. The standard InChI is InChI=1S/C12H23N5O/c1-6-8-18-12-15-10(13-5)14-11(16-12)17(7-2)9(3)4/h9H,6-8H2,1-5H3,(H,13,14,15,16). The minimum absolute atomic E-state index is 0.334. The molecular weight excluding hydrogens is 230 g/mol. The van der Waals surface area contributed by atoms with Gasteiger partial charge < -0.3 is 15.0 Å². The molecule has 0 spiro atoms. The van der Waals surface area contributed by atoms with Crippen LogP contribution in [0.4, 0.5) is 11.9 Å². The van der Waals surface area contributed by atoms with Crippen molar-refractivity contribution in [1.82, 2.24) is 15.0 Å². The molecule has 1 aromatic rings. The van der Waals surface area contributed by atoms with Gasteiger partial charge in [-0.15, -0.1) is 0 Å². The Kier molecular flexibility index (Phi) is 5.61. The third kappa shape index (κ3) is 3.72. The molecule has 1 N–H and O–H groups in total. The van der Waals surface area contributed by atoms with Crippen LogP contribution in [0.5, 0.6) is 6.01 Å². The predicted molar refractivity (Wildman–Crippen MR) is 73.3 cm³/mol. The molecule has 0 aliphatic rings. The highest BCUT2D eigenvalue weighted by Gasteiger charge is 2.15. The average Bonchev–Trinajstić information content (AvgIpc) is 2.36. The first-order chi connectivity index (χ1) is 8.62. The zero-order valence-electron chi connectivity index (χ0n) is 11.9. The zero-order valence-corrected chi connectivity index (χ0v) is 11.9. The molecule has 1 heterocycles. The van der Waals surface area contributed by atoms with Gasteiger partial charge in [0.05, 0.1) is 6.61 Å². The van der Waals surface area contributed by atoms with Crippen LogP contribution in [0.15, 0.2) is 0 Å². The van der Waals surface area contributed by atoms with Crippen LogP contribution in [0.25, 0.3) is 0 Å². The smallest absolute Gasteiger partial charge is 0.323 e. The van der Waals surface area contributed by atoms with Gasteiger partial charge in [-0.1, -0.05) is 6.92 Å². The lowest BCUT2D eigenvalue weighted by molar-refractivity contribution is 0.291. The molecule has 0 saturated carbocycles. The van der Waals surface area contributed by atoms with E-state index in [9.17, 15) is 0 Å². The van der Waals surface area contributed by atoms with Gasteiger partial charge in [0.2, 0.25) is 11.9 Å². The lowest BCUT2D eigenvalue weighted by atomic mass is 10.3. The zero-order chi connectivity index (χ0) is 13.5. The second-order valence-corrected chi connectivity index (χ2v) is 4.22. The van der Waals surface area contributed by atoms with Gasteiger partial charge in [-0.2, -0.15) is 15.0 Å². The van der Waals surface area contributed by atoms with E-state index < -0.39 is 0 Å². The first-order valence-corrected chi connectivity index (χ1v) is 6.45. The summed E-state index contributed by atoms with van der Waals surface area (Å²) in [5.74, 6) is 1.18. The van der Waals surface area contributed by atoms with Gasteiger partial charge in [0, 0.05) is 19.6 Å². The highest BCUT2D eigenvalue weighted by Crippen LogP contribution is 2.16. The summed E-state index contributed by atoms with van der Waals surface area (Å²) in [7, 11) is 1.79. The van der Waals surface area contributed by atoms with Crippen LogP contribution < -0.4 is 15.0 Å². The van der Waals surface area contributed by atoms with Gasteiger partial charge in [0.25, 0.3) is 0 Å². The highest BCUT2D eigenvalue weighted by atomic mass is 16.5. The second kappa shape index (κ2) is 6.98. The number of hydrogen-bond donors (Lipinski definition) is 1. The van der Waals surface area contributed by atoms with E-state index in [2.05, 4.69) is 45.9 Å². The maximum Gasteiger partial charge on any atom is 0.323 e. The number of aromatic nitrogens is 3. The number of nitrogens with zero attached hydrogens (tertiary/aromatic N) is 4. The lowest BCUT2D eigenvalue weighted by Crippen LogP contribution is -2.32. The number of nitrogens with one attached hydrogen (secondary N) is 1. The van der Waals surface area contributed by atoms with Crippen LogP contribution in [0, 0.1) is 0 Å². The molecular formula is C12H23N5O. The van der Waals surface area contributed by atoms with Gasteiger partial charge in [-0.25, -0.2) is 0 Å². The Hall–Kier alpha value is -1.59. The molecule has 102 valence electrons. The van der Waals surface area contributed by atoms with Crippen molar-refractivity contribution in [3.05, 3.63) is 0 Å². The maximum atomic E-state index is 5.48. The fraction of sp³-hybridized carbons (Fsp3) is 0.750. The monoisotopic (exact) mass is 253 g/mol. The quantitative estimate of drug-likeness (QED) is 0.801. The van der Waals surface area contributed by atoms with Crippen LogP contribution in [0.2, 0.25) is 0 Å². The minimum atomic E-state index is 0.334. The molecule has 0 saturated heterocycles. The Labute approximate surface area is 109 Å². The summed E-state index contributed by atoms with van der Waals surface area (Å²) >= 11 is 0. The molecule has 18 heavy (non-hydrogen) atoms. The Morgan fingerprint density at radius 2 is 1.94 bits per heavy atom. The first kappa shape index (κ1) is 14.5. The SMILES string of the molecule is CCCOc1nc(NC)nc(N(CC)C(C)C)n1. The summed E-state index contributed by atoms with van der Waals surface area (Å²) in [6.07, 6.45) is 0.928. The molecule has 0 aliphatic heterocycles. The van der Waals surface area contributed by atoms with Crippen LogP contribution >= 0.6 is 0 Å². The van der Waals surface area contributed by atoms with E-state index in [1.54, 1.807) is 7.05 Å². The van der Waals surface area contributed by atoms with Crippen LogP contribution in [-0.4, -0.2) is 41.2 Å². The molecule has 0 bridgehead atoms. The van der Waals surface area contributed by atoms with E-state index in [1.165, 1.54) is 0 Å². The van der Waals surface area contributed by atoms with Gasteiger partial charge in [0.1, 0.15) is 0 Å². The Morgan fingerprint density at radius 1 is 1.22 bits per heavy atom. The molecule has 1 aromatic heterocycles. The summed E-state index contributed by atoms with van der Waals surface area (Å²) in [6.45, 7) is 9.80. The molecule has 0 fully saturated rings.